The molecule has 1 aliphatic rings. The maximum absolute atomic E-state index is 12.0. The number of carbonyl (C=O) groups is 1. The normalized spacial score (nSPS) is 15.1. The first kappa shape index (κ1) is 17.4. The SMILES string of the molecule is COc1ccc(-c2noc(CCCC(=O)NC3CCNCC3)n2)cc1. The van der Waals surface area contributed by atoms with Crippen molar-refractivity contribution in [3.05, 3.63) is 30.2 Å². The van der Waals surface area contributed by atoms with Crippen LogP contribution in [-0.2, 0) is 11.2 Å². The van der Waals surface area contributed by atoms with Crippen LogP contribution in [0.4, 0.5) is 0 Å². The predicted octanol–water partition coefficient (Wildman–Crippen LogP) is 1.94. The first-order valence-corrected chi connectivity index (χ1v) is 8.71. The first-order valence-electron chi connectivity index (χ1n) is 8.71. The van der Waals surface area contributed by atoms with Gasteiger partial charge in [0.05, 0.1) is 7.11 Å². The first-order chi connectivity index (χ1) is 12.2. The van der Waals surface area contributed by atoms with Gasteiger partial charge in [-0.3, -0.25) is 4.79 Å². The number of nitrogens with zero attached hydrogens (tertiary/aromatic N) is 2. The van der Waals surface area contributed by atoms with E-state index in [9.17, 15) is 4.79 Å². The Morgan fingerprint density at radius 3 is 2.80 bits per heavy atom. The number of carbonyl (C=O) groups excluding carboxylic acids is 1. The average Bonchev–Trinajstić information content (AvgIpc) is 3.11. The van der Waals surface area contributed by atoms with E-state index in [4.69, 9.17) is 9.26 Å². The molecule has 0 unspecified atom stereocenters. The number of aromatic nitrogens is 2. The Morgan fingerprint density at radius 1 is 1.32 bits per heavy atom. The number of amides is 1. The summed E-state index contributed by atoms with van der Waals surface area (Å²) in [5.74, 6) is 1.99. The molecule has 7 nitrogen and oxygen atoms in total. The van der Waals surface area contributed by atoms with E-state index in [1.54, 1.807) is 7.11 Å². The highest BCUT2D eigenvalue weighted by Gasteiger charge is 2.15. The lowest BCUT2D eigenvalue weighted by molar-refractivity contribution is -0.122. The summed E-state index contributed by atoms with van der Waals surface area (Å²) < 4.78 is 10.4. The molecule has 0 aliphatic carbocycles. The minimum Gasteiger partial charge on any atom is -0.497 e. The van der Waals surface area contributed by atoms with E-state index < -0.39 is 0 Å². The van der Waals surface area contributed by atoms with Crippen molar-refractivity contribution in [2.45, 2.75) is 38.1 Å². The van der Waals surface area contributed by atoms with Crippen LogP contribution < -0.4 is 15.4 Å². The van der Waals surface area contributed by atoms with E-state index in [0.29, 0.717) is 37.0 Å². The number of piperidine rings is 1. The number of benzene rings is 1. The molecule has 1 fully saturated rings. The Bertz CT molecular complexity index is 678. The zero-order valence-corrected chi connectivity index (χ0v) is 14.5. The zero-order chi connectivity index (χ0) is 17.5. The minimum absolute atomic E-state index is 0.0989. The van der Waals surface area contributed by atoms with Crippen LogP contribution in [0.15, 0.2) is 28.8 Å². The molecule has 1 saturated heterocycles. The van der Waals surface area contributed by atoms with E-state index in [2.05, 4.69) is 20.8 Å². The minimum atomic E-state index is 0.0989. The summed E-state index contributed by atoms with van der Waals surface area (Å²) in [5, 5.41) is 10.4. The Kier molecular flexibility index (Phi) is 6.00. The van der Waals surface area contributed by atoms with Gasteiger partial charge in [-0.25, -0.2) is 0 Å². The third-order valence-electron chi connectivity index (χ3n) is 4.32. The van der Waals surface area contributed by atoms with E-state index in [1.807, 2.05) is 24.3 Å². The Balaban J connectivity index is 1.44. The van der Waals surface area contributed by atoms with Crippen LogP contribution in [0.25, 0.3) is 11.4 Å². The monoisotopic (exact) mass is 344 g/mol. The lowest BCUT2D eigenvalue weighted by Crippen LogP contribution is -2.42. The molecule has 3 rings (SSSR count). The molecule has 0 saturated carbocycles. The molecule has 0 radical (unpaired) electrons. The Hall–Kier alpha value is -2.41. The maximum atomic E-state index is 12.0. The number of nitrogens with one attached hydrogen (secondary N) is 2. The Morgan fingerprint density at radius 2 is 2.08 bits per heavy atom. The molecule has 25 heavy (non-hydrogen) atoms. The standard InChI is InChI=1S/C18H24N4O3/c1-24-15-7-5-13(6-8-15)18-21-17(25-22-18)4-2-3-16(23)20-14-9-11-19-12-10-14/h5-8,14,19H,2-4,9-12H2,1H3,(H,20,23). The smallest absolute Gasteiger partial charge is 0.226 e. The highest BCUT2D eigenvalue weighted by molar-refractivity contribution is 5.76. The summed E-state index contributed by atoms with van der Waals surface area (Å²) in [7, 11) is 1.63. The molecule has 2 heterocycles. The summed E-state index contributed by atoms with van der Waals surface area (Å²) in [5.41, 5.74) is 0.874. The largest absolute Gasteiger partial charge is 0.497 e. The fraction of sp³-hybridized carbons (Fsp3) is 0.500. The second-order valence-corrected chi connectivity index (χ2v) is 6.19. The van der Waals surface area contributed by atoms with Crippen molar-refractivity contribution in [1.29, 1.82) is 0 Å². The Labute approximate surface area is 147 Å². The molecule has 2 aromatic rings. The van der Waals surface area contributed by atoms with Crippen molar-refractivity contribution >= 4 is 5.91 Å². The molecular formula is C18H24N4O3. The summed E-state index contributed by atoms with van der Waals surface area (Å²) in [4.78, 5) is 16.4. The van der Waals surface area contributed by atoms with Gasteiger partial charge in [-0.1, -0.05) is 5.16 Å². The lowest BCUT2D eigenvalue weighted by Gasteiger charge is -2.23. The average molecular weight is 344 g/mol. The van der Waals surface area contributed by atoms with E-state index in [1.165, 1.54) is 0 Å². The number of aryl methyl sites for hydroxylation is 1. The molecule has 0 spiro atoms. The second-order valence-electron chi connectivity index (χ2n) is 6.19. The van der Waals surface area contributed by atoms with Crippen LogP contribution in [-0.4, -0.2) is 42.3 Å². The fourth-order valence-electron chi connectivity index (χ4n) is 2.88. The van der Waals surface area contributed by atoms with E-state index in [0.717, 1.165) is 37.2 Å². The number of hydrogen-bond donors (Lipinski definition) is 2. The zero-order valence-electron chi connectivity index (χ0n) is 14.5. The van der Waals surface area contributed by atoms with Crippen molar-refractivity contribution in [1.82, 2.24) is 20.8 Å². The van der Waals surface area contributed by atoms with Crippen molar-refractivity contribution in [3.8, 4) is 17.1 Å². The third kappa shape index (κ3) is 5.03. The molecular weight excluding hydrogens is 320 g/mol. The van der Waals surface area contributed by atoms with Gasteiger partial charge in [0.2, 0.25) is 17.6 Å². The molecule has 1 amide bonds. The lowest BCUT2D eigenvalue weighted by atomic mass is 10.1. The van der Waals surface area contributed by atoms with Crippen LogP contribution in [0.5, 0.6) is 5.75 Å². The van der Waals surface area contributed by atoms with Gasteiger partial charge in [-0.2, -0.15) is 4.98 Å². The molecule has 0 atom stereocenters. The van der Waals surface area contributed by atoms with Crippen LogP contribution in [0, 0.1) is 0 Å². The van der Waals surface area contributed by atoms with Crippen LogP contribution in [0.1, 0.15) is 31.6 Å². The molecule has 2 N–H and O–H groups in total. The van der Waals surface area contributed by atoms with Gasteiger partial charge < -0.3 is 19.9 Å². The highest BCUT2D eigenvalue weighted by atomic mass is 16.5. The molecule has 1 aromatic carbocycles. The number of methoxy groups -OCH3 is 1. The summed E-state index contributed by atoms with van der Waals surface area (Å²) in [6.45, 7) is 1.95. The second kappa shape index (κ2) is 8.62. The number of ether oxygens (including phenoxy) is 1. The number of rotatable bonds is 7. The predicted molar refractivity (Wildman–Crippen MR) is 93.3 cm³/mol. The van der Waals surface area contributed by atoms with Crippen LogP contribution >= 0.6 is 0 Å². The van der Waals surface area contributed by atoms with Crippen LogP contribution in [0.2, 0.25) is 0 Å². The van der Waals surface area contributed by atoms with E-state index >= 15 is 0 Å². The van der Waals surface area contributed by atoms with Gasteiger partial charge in [0.25, 0.3) is 0 Å². The maximum Gasteiger partial charge on any atom is 0.226 e. The van der Waals surface area contributed by atoms with E-state index in [-0.39, 0.29) is 5.91 Å². The molecule has 134 valence electrons. The molecule has 0 bridgehead atoms. The summed E-state index contributed by atoms with van der Waals surface area (Å²) >= 11 is 0. The van der Waals surface area contributed by atoms with Gasteiger partial charge in [-0.15, -0.1) is 0 Å². The summed E-state index contributed by atoms with van der Waals surface area (Å²) in [6.07, 6.45) is 3.77. The van der Waals surface area contributed by atoms with Gasteiger partial charge in [0, 0.05) is 24.4 Å². The van der Waals surface area contributed by atoms with Gasteiger partial charge in [-0.05, 0) is 56.6 Å². The fourth-order valence-corrected chi connectivity index (χ4v) is 2.88. The topological polar surface area (TPSA) is 89.3 Å². The van der Waals surface area contributed by atoms with Crippen molar-refractivity contribution in [2.24, 2.45) is 0 Å². The molecule has 1 aliphatic heterocycles. The summed E-state index contributed by atoms with van der Waals surface area (Å²) in [6, 6.07) is 7.80. The highest BCUT2D eigenvalue weighted by Crippen LogP contribution is 2.20. The van der Waals surface area contributed by atoms with Gasteiger partial charge >= 0.3 is 0 Å². The van der Waals surface area contributed by atoms with Crippen molar-refractivity contribution in [2.75, 3.05) is 20.2 Å². The quantitative estimate of drug-likeness (QED) is 0.798. The van der Waals surface area contributed by atoms with Gasteiger partial charge in [0.1, 0.15) is 5.75 Å². The third-order valence-corrected chi connectivity index (χ3v) is 4.32. The van der Waals surface area contributed by atoms with Crippen molar-refractivity contribution < 1.29 is 14.1 Å². The molecule has 1 aromatic heterocycles. The van der Waals surface area contributed by atoms with Crippen molar-refractivity contribution in [3.63, 3.8) is 0 Å². The van der Waals surface area contributed by atoms with Crippen LogP contribution in [0.3, 0.4) is 0 Å². The molecule has 7 heteroatoms. The van der Waals surface area contributed by atoms with Gasteiger partial charge in [0.15, 0.2) is 0 Å². The number of hydrogen-bond acceptors (Lipinski definition) is 6.